The highest BCUT2D eigenvalue weighted by Gasteiger charge is 1.89. The molecule has 2 rings (SSSR count). The molecule has 0 N–H and O–H groups in total. The summed E-state index contributed by atoms with van der Waals surface area (Å²) in [6, 6.07) is 16.1. The van der Waals surface area contributed by atoms with Crippen LogP contribution in [0.15, 0.2) is 59.5 Å². The molecule has 0 radical (unpaired) electrons. The fourth-order valence-corrected chi connectivity index (χ4v) is 1.75. The molecule has 0 aliphatic rings. The minimum atomic E-state index is -0.235. The summed E-state index contributed by atoms with van der Waals surface area (Å²) in [6.07, 6.45) is 0. The van der Waals surface area contributed by atoms with Crippen LogP contribution in [0.5, 0.6) is 0 Å². The predicted octanol–water partition coefficient (Wildman–Crippen LogP) is 3.93. The van der Waals surface area contributed by atoms with Gasteiger partial charge in [-0.25, -0.2) is 4.39 Å². The second-order valence-electron chi connectivity index (χ2n) is 3.15. The molecule has 0 unspecified atom stereocenters. The van der Waals surface area contributed by atoms with E-state index in [0.29, 0.717) is 0 Å². The third-order valence-corrected chi connectivity index (χ3v) is 2.66. The van der Waals surface area contributed by atoms with E-state index in [1.807, 2.05) is 30.3 Å². The Morgan fingerprint density at radius 1 is 0.875 bits per heavy atom. The third kappa shape index (κ3) is 3.15. The molecule has 2 aromatic rings. The Labute approximate surface area is 98.5 Å². The Morgan fingerprint density at radius 3 is 2.25 bits per heavy atom. The van der Waals surface area contributed by atoms with Gasteiger partial charge in [-0.15, -0.1) is 0 Å². The molecule has 0 aliphatic carbocycles. The molecule has 0 bridgehead atoms. The van der Waals surface area contributed by atoms with Gasteiger partial charge in [-0.2, -0.15) is 0 Å². The quantitative estimate of drug-likeness (QED) is 0.526. The van der Waals surface area contributed by atoms with E-state index < -0.39 is 0 Å². The minimum absolute atomic E-state index is 0.235. The van der Waals surface area contributed by atoms with Crippen molar-refractivity contribution in [3.8, 4) is 11.2 Å². The Balaban J connectivity index is 2.03. The summed E-state index contributed by atoms with van der Waals surface area (Å²) in [6.45, 7) is 0. The maximum atomic E-state index is 12.6. The van der Waals surface area contributed by atoms with E-state index in [1.54, 1.807) is 12.1 Å². The SMILES string of the molecule is Fc1ccc(C#CSc2ccccc2)cc1. The van der Waals surface area contributed by atoms with Gasteiger partial charge in [-0.05, 0) is 53.4 Å². The number of thioether (sulfide) groups is 1. The third-order valence-electron chi connectivity index (χ3n) is 1.95. The standard InChI is InChI=1S/C14H9FS/c15-13-8-6-12(7-9-13)10-11-16-14-4-2-1-3-5-14/h1-9H. The second-order valence-corrected chi connectivity index (χ2v) is 4.03. The van der Waals surface area contributed by atoms with Crippen LogP contribution in [-0.2, 0) is 0 Å². The Morgan fingerprint density at radius 2 is 1.56 bits per heavy atom. The van der Waals surface area contributed by atoms with Crippen molar-refractivity contribution < 1.29 is 4.39 Å². The van der Waals surface area contributed by atoms with Crippen LogP contribution >= 0.6 is 11.8 Å². The molecular weight excluding hydrogens is 219 g/mol. The van der Waals surface area contributed by atoms with Crippen molar-refractivity contribution in [1.82, 2.24) is 0 Å². The first-order chi connectivity index (χ1) is 7.84. The molecule has 0 aliphatic heterocycles. The lowest BCUT2D eigenvalue weighted by Crippen LogP contribution is -1.74. The average molecular weight is 228 g/mol. The maximum absolute atomic E-state index is 12.6. The summed E-state index contributed by atoms with van der Waals surface area (Å²) < 4.78 is 12.6. The first-order valence-corrected chi connectivity index (χ1v) is 5.65. The van der Waals surface area contributed by atoms with Crippen molar-refractivity contribution in [1.29, 1.82) is 0 Å². The fraction of sp³-hybridized carbons (Fsp3) is 0. The molecular formula is C14H9FS. The molecule has 0 aromatic heterocycles. The van der Waals surface area contributed by atoms with Crippen LogP contribution in [0.1, 0.15) is 5.56 Å². The summed E-state index contributed by atoms with van der Waals surface area (Å²) in [7, 11) is 0. The van der Waals surface area contributed by atoms with Crippen molar-refractivity contribution in [2.45, 2.75) is 4.90 Å². The molecule has 0 heterocycles. The van der Waals surface area contributed by atoms with E-state index in [2.05, 4.69) is 11.2 Å². The van der Waals surface area contributed by atoms with Gasteiger partial charge in [-0.3, -0.25) is 0 Å². The Kier molecular flexibility index (Phi) is 3.63. The molecule has 0 fully saturated rings. The molecule has 0 saturated carbocycles. The Hall–Kier alpha value is -1.72. The highest BCUT2D eigenvalue weighted by atomic mass is 32.2. The first-order valence-electron chi connectivity index (χ1n) is 4.83. The molecule has 78 valence electrons. The van der Waals surface area contributed by atoms with Gasteiger partial charge in [0.2, 0.25) is 0 Å². The van der Waals surface area contributed by atoms with Crippen LogP contribution in [-0.4, -0.2) is 0 Å². The highest BCUT2D eigenvalue weighted by Crippen LogP contribution is 2.15. The lowest BCUT2D eigenvalue weighted by atomic mass is 10.2. The highest BCUT2D eigenvalue weighted by molar-refractivity contribution is 8.03. The average Bonchev–Trinajstić information content (AvgIpc) is 2.33. The molecule has 0 saturated heterocycles. The van der Waals surface area contributed by atoms with Gasteiger partial charge >= 0.3 is 0 Å². The number of hydrogen-bond acceptors (Lipinski definition) is 1. The number of rotatable bonds is 1. The minimum Gasteiger partial charge on any atom is -0.207 e. The zero-order valence-electron chi connectivity index (χ0n) is 8.48. The lowest BCUT2D eigenvalue weighted by Gasteiger charge is -1.91. The molecule has 0 amide bonds. The lowest BCUT2D eigenvalue weighted by molar-refractivity contribution is 0.627. The van der Waals surface area contributed by atoms with Crippen molar-refractivity contribution in [3.63, 3.8) is 0 Å². The van der Waals surface area contributed by atoms with E-state index in [9.17, 15) is 4.39 Å². The Bertz CT molecular complexity index is 506. The van der Waals surface area contributed by atoms with Crippen LogP contribution in [0.25, 0.3) is 0 Å². The van der Waals surface area contributed by atoms with Gasteiger partial charge in [0.05, 0.1) is 0 Å². The molecule has 0 nitrogen and oxygen atoms in total. The van der Waals surface area contributed by atoms with Crippen LogP contribution in [0.3, 0.4) is 0 Å². The van der Waals surface area contributed by atoms with Gasteiger partial charge < -0.3 is 0 Å². The van der Waals surface area contributed by atoms with E-state index in [-0.39, 0.29) is 5.82 Å². The zero-order chi connectivity index (χ0) is 11.2. The fourth-order valence-electron chi connectivity index (χ4n) is 1.17. The van der Waals surface area contributed by atoms with Gasteiger partial charge in [0.25, 0.3) is 0 Å². The van der Waals surface area contributed by atoms with E-state index in [4.69, 9.17) is 0 Å². The van der Waals surface area contributed by atoms with E-state index in [1.165, 1.54) is 23.9 Å². The van der Waals surface area contributed by atoms with Gasteiger partial charge in [0.1, 0.15) is 5.82 Å². The summed E-state index contributed by atoms with van der Waals surface area (Å²) in [5.74, 6) is 2.73. The van der Waals surface area contributed by atoms with Crippen LogP contribution < -0.4 is 0 Å². The number of benzene rings is 2. The summed E-state index contributed by atoms with van der Waals surface area (Å²) in [5, 5.41) is 2.98. The van der Waals surface area contributed by atoms with Crippen molar-refractivity contribution >= 4 is 11.8 Å². The molecule has 2 heteroatoms. The van der Waals surface area contributed by atoms with Crippen LogP contribution in [0.2, 0.25) is 0 Å². The predicted molar refractivity (Wildman–Crippen MR) is 65.6 cm³/mol. The molecule has 0 atom stereocenters. The maximum Gasteiger partial charge on any atom is 0.123 e. The molecule has 0 spiro atoms. The van der Waals surface area contributed by atoms with Crippen LogP contribution in [0.4, 0.5) is 4.39 Å². The zero-order valence-corrected chi connectivity index (χ0v) is 9.30. The first kappa shape index (κ1) is 10.8. The van der Waals surface area contributed by atoms with Crippen molar-refractivity contribution in [3.05, 3.63) is 66.0 Å². The normalized spacial score (nSPS) is 9.31. The van der Waals surface area contributed by atoms with Gasteiger partial charge in [0.15, 0.2) is 0 Å². The summed E-state index contributed by atoms with van der Waals surface area (Å²) in [5.41, 5.74) is 0.824. The smallest absolute Gasteiger partial charge is 0.123 e. The van der Waals surface area contributed by atoms with Gasteiger partial charge in [-0.1, -0.05) is 24.1 Å². The monoisotopic (exact) mass is 228 g/mol. The number of hydrogen-bond donors (Lipinski definition) is 0. The topological polar surface area (TPSA) is 0 Å². The van der Waals surface area contributed by atoms with Crippen molar-refractivity contribution in [2.24, 2.45) is 0 Å². The van der Waals surface area contributed by atoms with Crippen LogP contribution in [0, 0.1) is 17.0 Å². The summed E-state index contributed by atoms with van der Waals surface area (Å²) in [4.78, 5) is 1.11. The van der Waals surface area contributed by atoms with E-state index in [0.717, 1.165) is 10.5 Å². The summed E-state index contributed by atoms with van der Waals surface area (Å²) >= 11 is 1.46. The molecule has 2 aromatic carbocycles. The molecule has 16 heavy (non-hydrogen) atoms. The largest absolute Gasteiger partial charge is 0.207 e. The van der Waals surface area contributed by atoms with Crippen molar-refractivity contribution in [2.75, 3.05) is 0 Å². The van der Waals surface area contributed by atoms with Gasteiger partial charge in [0, 0.05) is 10.5 Å². The number of halogens is 1. The van der Waals surface area contributed by atoms with E-state index >= 15 is 0 Å². The second kappa shape index (κ2) is 5.39.